The number of nitrogens with one attached hydrogen (secondary N) is 1. The molecule has 2 N–H and O–H groups in total. The molecule has 0 aliphatic carbocycles. The van der Waals surface area contributed by atoms with E-state index in [9.17, 15) is 4.79 Å². The summed E-state index contributed by atoms with van der Waals surface area (Å²) in [6.45, 7) is 4.21. The minimum atomic E-state index is -1.13. The molecule has 0 aliphatic rings. The van der Waals surface area contributed by atoms with E-state index in [-0.39, 0.29) is 6.61 Å². The third-order valence-electron chi connectivity index (χ3n) is 2.85. The Labute approximate surface area is 113 Å². The van der Waals surface area contributed by atoms with Crippen LogP contribution in [0.15, 0.2) is 24.3 Å². The van der Waals surface area contributed by atoms with Gasteiger partial charge >= 0.3 is 5.97 Å². The Bertz CT molecular complexity index is 422. The molecule has 5 heteroatoms. The SMILES string of the molecule is CCCOc1ccccc1OCC(C)(NC)C(=O)O. The Hall–Kier alpha value is -1.75. The van der Waals surface area contributed by atoms with Crippen molar-refractivity contribution in [2.24, 2.45) is 0 Å². The molecule has 0 amide bonds. The van der Waals surface area contributed by atoms with E-state index in [1.807, 2.05) is 25.1 Å². The van der Waals surface area contributed by atoms with E-state index in [2.05, 4.69) is 5.32 Å². The molecule has 1 aromatic carbocycles. The molecule has 1 atom stereocenters. The summed E-state index contributed by atoms with van der Waals surface area (Å²) < 4.78 is 11.1. The van der Waals surface area contributed by atoms with Crippen molar-refractivity contribution in [1.29, 1.82) is 0 Å². The summed E-state index contributed by atoms with van der Waals surface area (Å²) in [5.41, 5.74) is -1.13. The van der Waals surface area contributed by atoms with Crippen molar-refractivity contribution in [1.82, 2.24) is 5.32 Å². The molecule has 0 saturated carbocycles. The van der Waals surface area contributed by atoms with Gasteiger partial charge in [-0.05, 0) is 32.5 Å². The zero-order valence-corrected chi connectivity index (χ0v) is 11.6. The maximum Gasteiger partial charge on any atom is 0.327 e. The summed E-state index contributed by atoms with van der Waals surface area (Å²) >= 11 is 0. The Kier molecular flexibility index (Phi) is 5.63. The van der Waals surface area contributed by atoms with Crippen LogP contribution in [0.1, 0.15) is 20.3 Å². The average Bonchev–Trinajstić information content (AvgIpc) is 2.43. The first-order valence-corrected chi connectivity index (χ1v) is 6.30. The van der Waals surface area contributed by atoms with Crippen molar-refractivity contribution in [2.75, 3.05) is 20.3 Å². The van der Waals surface area contributed by atoms with Gasteiger partial charge in [-0.3, -0.25) is 4.79 Å². The van der Waals surface area contributed by atoms with Crippen LogP contribution in [-0.4, -0.2) is 36.9 Å². The number of carboxylic acid groups (broad SMARTS) is 1. The molecule has 0 saturated heterocycles. The van der Waals surface area contributed by atoms with Gasteiger partial charge in [0.25, 0.3) is 0 Å². The van der Waals surface area contributed by atoms with Crippen molar-refractivity contribution < 1.29 is 19.4 Å². The first-order valence-electron chi connectivity index (χ1n) is 6.30. The first kappa shape index (κ1) is 15.3. The lowest BCUT2D eigenvalue weighted by Crippen LogP contribution is -2.52. The van der Waals surface area contributed by atoms with Crippen molar-refractivity contribution in [3.63, 3.8) is 0 Å². The number of likely N-dealkylation sites (N-methyl/N-ethyl adjacent to an activating group) is 1. The van der Waals surface area contributed by atoms with Gasteiger partial charge in [0.2, 0.25) is 0 Å². The summed E-state index contributed by atoms with van der Waals surface area (Å²) in [6.07, 6.45) is 0.900. The number of carbonyl (C=O) groups is 1. The summed E-state index contributed by atoms with van der Waals surface area (Å²) in [6, 6.07) is 7.25. The number of hydrogen-bond acceptors (Lipinski definition) is 4. The minimum absolute atomic E-state index is 0.0192. The second-order valence-electron chi connectivity index (χ2n) is 4.47. The number of carboxylic acids is 1. The fraction of sp³-hybridized carbons (Fsp3) is 0.500. The van der Waals surface area contributed by atoms with Gasteiger partial charge in [-0.25, -0.2) is 0 Å². The molecule has 0 heterocycles. The number of ether oxygens (including phenoxy) is 2. The fourth-order valence-corrected chi connectivity index (χ4v) is 1.36. The maximum absolute atomic E-state index is 11.2. The van der Waals surface area contributed by atoms with Crippen LogP contribution in [0, 0.1) is 0 Å². The van der Waals surface area contributed by atoms with Gasteiger partial charge in [0.1, 0.15) is 12.1 Å². The Morgan fingerprint density at radius 2 is 1.89 bits per heavy atom. The quantitative estimate of drug-likeness (QED) is 0.753. The van der Waals surface area contributed by atoms with Crippen molar-refractivity contribution >= 4 is 5.97 Å². The van der Waals surface area contributed by atoms with Crippen LogP contribution < -0.4 is 14.8 Å². The number of rotatable bonds is 8. The Balaban J connectivity index is 2.74. The predicted molar refractivity (Wildman–Crippen MR) is 72.8 cm³/mol. The van der Waals surface area contributed by atoms with E-state index >= 15 is 0 Å². The monoisotopic (exact) mass is 267 g/mol. The molecule has 0 radical (unpaired) electrons. The topological polar surface area (TPSA) is 67.8 Å². The van der Waals surface area contributed by atoms with Gasteiger partial charge in [-0.1, -0.05) is 19.1 Å². The highest BCUT2D eigenvalue weighted by atomic mass is 16.5. The molecule has 0 spiro atoms. The molecule has 0 bridgehead atoms. The molecule has 0 fully saturated rings. The molecular formula is C14H21NO4. The Morgan fingerprint density at radius 1 is 1.32 bits per heavy atom. The molecular weight excluding hydrogens is 246 g/mol. The zero-order valence-electron chi connectivity index (χ0n) is 11.6. The number of para-hydroxylation sites is 2. The number of aliphatic carboxylic acids is 1. The lowest BCUT2D eigenvalue weighted by atomic mass is 10.1. The van der Waals surface area contributed by atoms with Gasteiger partial charge < -0.3 is 19.9 Å². The smallest absolute Gasteiger partial charge is 0.327 e. The summed E-state index contributed by atoms with van der Waals surface area (Å²) in [5, 5.41) is 11.9. The number of benzene rings is 1. The highest BCUT2D eigenvalue weighted by molar-refractivity contribution is 5.78. The normalized spacial score (nSPS) is 13.6. The van der Waals surface area contributed by atoms with E-state index in [0.717, 1.165) is 6.42 Å². The van der Waals surface area contributed by atoms with Crippen LogP contribution in [0.4, 0.5) is 0 Å². The van der Waals surface area contributed by atoms with E-state index in [4.69, 9.17) is 14.6 Å². The van der Waals surface area contributed by atoms with Crippen LogP contribution in [0.25, 0.3) is 0 Å². The average molecular weight is 267 g/mol. The molecule has 1 unspecified atom stereocenters. The predicted octanol–water partition coefficient (Wildman–Crippen LogP) is 1.92. The fourth-order valence-electron chi connectivity index (χ4n) is 1.36. The third kappa shape index (κ3) is 4.13. The lowest BCUT2D eigenvalue weighted by Gasteiger charge is -2.24. The summed E-state index contributed by atoms with van der Waals surface area (Å²) in [7, 11) is 1.59. The van der Waals surface area contributed by atoms with E-state index < -0.39 is 11.5 Å². The van der Waals surface area contributed by atoms with Crippen molar-refractivity contribution in [2.45, 2.75) is 25.8 Å². The third-order valence-corrected chi connectivity index (χ3v) is 2.85. The molecule has 0 aromatic heterocycles. The highest BCUT2D eigenvalue weighted by Gasteiger charge is 2.32. The highest BCUT2D eigenvalue weighted by Crippen LogP contribution is 2.27. The van der Waals surface area contributed by atoms with Gasteiger partial charge in [-0.15, -0.1) is 0 Å². The molecule has 5 nitrogen and oxygen atoms in total. The number of hydrogen-bond donors (Lipinski definition) is 2. The molecule has 19 heavy (non-hydrogen) atoms. The second kappa shape index (κ2) is 6.99. The summed E-state index contributed by atoms with van der Waals surface area (Å²) in [4.78, 5) is 11.2. The first-order chi connectivity index (χ1) is 9.03. The van der Waals surface area contributed by atoms with E-state index in [0.29, 0.717) is 18.1 Å². The molecule has 106 valence electrons. The zero-order chi connectivity index (χ0) is 14.3. The van der Waals surface area contributed by atoms with Gasteiger partial charge in [0.05, 0.1) is 6.61 Å². The van der Waals surface area contributed by atoms with Gasteiger partial charge in [-0.2, -0.15) is 0 Å². The van der Waals surface area contributed by atoms with E-state index in [1.165, 1.54) is 0 Å². The minimum Gasteiger partial charge on any atom is -0.490 e. The van der Waals surface area contributed by atoms with Crippen LogP contribution in [0.2, 0.25) is 0 Å². The summed E-state index contributed by atoms with van der Waals surface area (Å²) in [5.74, 6) is 0.230. The molecule has 0 aliphatic heterocycles. The van der Waals surface area contributed by atoms with Crippen LogP contribution in [-0.2, 0) is 4.79 Å². The van der Waals surface area contributed by atoms with E-state index in [1.54, 1.807) is 20.0 Å². The van der Waals surface area contributed by atoms with Crippen LogP contribution in [0.5, 0.6) is 11.5 Å². The van der Waals surface area contributed by atoms with Gasteiger partial charge in [0, 0.05) is 0 Å². The van der Waals surface area contributed by atoms with Crippen LogP contribution >= 0.6 is 0 Å². The lowest BCUT2D eigenvalue weighted by molar-refractivity contribution is -0.145. The molecule has 1 aromatic rings. The standard InChI is InChI=1S/C14H21NO4/c1-4-9-18-11-7-5-6-8-12(11)19-10-14(2,15-3)13(16)17/h5-8,15H,4,9-10H2,1-3H3,(H,16,17). The largest absolute Gasteiger partial charge is 0.490 e. The van der Waals surface area contributed by atoms with Crippen LogP contribution in [0.3, 0.4) is 0 Å². The Morgan fingerprint density at radius 3 is 2.37 bits per heavy atom. The maximum atomic E-state index is 11.2. The molecule has 1 rings (SSSR count). The van der Waals surface area contributed by atoms with Gasteiger partial charge in [0.15, 0.2) is 11.5 Å². The van der Waals surface area contributed by atoms with Crippen molar-refractivity contribution in [3.8, 4) is 11.5 Å². The second-order valence-corrected chi connectivity index (χ2v) is 4.47. The van der Waals surface area contributed by atoms with Crippen molar-refractivity contribution in [3.05, 3.63) is 24.3 Å².